The topological polar surface area (TPSA) is 132 Å². The van der Waals surface area contributed by atoms with Crippen molar-refractivity contribution in [2.24, 2.45) is 5.92 Å². The first-order valence-corrected chi connectivity index (χ1v) is 17.0. The first kappa shape index (κ1) is 31.4. The van der Waals surface area contributed by atoms with E-state index in [2.05, 4.69) is 37.9 Å². The highest BCUT2D eigenvalue weighted by Crippen LogP contribution is 2.35. The second-order valence-electron chi connectivity index (χ2n) is 13.7. The first-order chi connectivity index (χ1) is 22.7. The van der Waals surface area contributed by atoms with E-state index in [1.807, 2.05) is 12.1 Å². The molecule has 0 aromatic heterocycles. The molecule has 250 valence electrons. The van der Waals surface area contributed by atoms with Crippen molar-refractivity contribution in [2.45, 2.75) is 51.1 Å². The van der Waals surface area contributed by atoms with Crippen molar-refractivity contribution in [3.05, 3.63) is 47.0 Å². The number of nitrogen functional groups attached to an aromatic ring is 1. The summed E-state index contributed by atoms with van der Waals surface area (Å²) < 4.78 is 5.47. The molecule has 4 amide bonds. The fourth-order valence-electron chi connectivity index (χ4n) is 8.24. The van der Waals surface area contributed by atoms with Crippen molar-refractivity contribution in [1.29, 1.82) is 0 Å². The summed E-state index contributed by atoms with van der Waals surface area (Å²) in [4.78, 5) is 61.5. The molecule has 0 radical (unpaired) electrons. The summed E-state index contributed by atoms with van der Waals surface area (Å²) in [6.07, 6.45) is 3.67. The average molecular weight is 644 g/mol. The fraction of sp³-hybridized carbons (Fsp3) is 0.543. The highest BCUT2D eigenvalue weighted by Gasteiger charge is 2.45. The predicted molar refractivity (Wildman–Crippen MR) is 179 cm³/mol. The second-order valence-corrected chi connectivity index (χ2v) is 13.7. The van der Waals surface area contributed by atoms with Crippen molar-refractivity contribution < 1.29 is 23.9 Å². The Bertz CT molecular complexity index is 1580. The van der Waals surface area contributed by atoms with Gasteiger partial charge in [-0.3, -0.25) is 34.3 Å². The van der Waals surface area contributed by atoms with Crippen LogP contribution in [0.5, 0.6) is 5.75 Å². The lowest BCUT2D eigenvalue weighted by Crippen LogP contribution is -2.54. The maximum atomic E-state index is 13.3. The molecule has 47 heavy (non-hydrogen) atoms. The fourth-order valence-corrected chi connectivity index (χ4v) is 8.24. The standard InChI is InChI=1S/C35H45N7O5/c1-22-17-28(36)31(47-2)19-30(22)40-11-8-24(9-12-40)39-15-13-38(14-16-39)20-23-7-10-41(21-23)25-3-4-26-27(18-25)35(46)42(34(26)45)29-5-6-32(43)37-33(29)44/h3-4,17-19,23-24,29H,5-16,20-21,36H2,1-2H3,(H,37,43,44). The Morgan fingerprint density at radius 2 is 1.57 bits per heavy atom. The zero-order chi connectivity index (χ0) is 32.8. The molecule has 0 bridgehead atoms. The molecular weight excluding hydrogens is 598 g/mol. The Morgan fingerprint density at radius 3 is 2.30 bits per heavy atom. The maximum Gasteiger partial charge on any atom is 0.262 e. The summed E-state index contributed by atoms with van der Waals surface area (Å²) >= 11 is 0. The van der Waals surface area contributed by atoms with E-state index >= 15 is 0 Å². The van der Waals surface area contributed by atoms with E-state index in [0.717, 1.165) is 94.5 Å². The lowest BCUT2D eigenvalue weighted by molar-refractivity contribution is -0.136. The molecule has 7 rings (SSSR count). The largest absolute Gasteiger partial charge is 0.495 e. The van der Waals surface area contributed by atoms with E-state index in [0.29, 0.717) is 28.8 Å². The number of anilines is 3. The van der Waals surface area contributed by atoms with Gasteiger partial charge in [0.05, 0.1) is 23.9 Å². The SMILES string of the molecule is COc1cc(N2CCC(N3CCN(CC4CCN(c5ccc6c(c5)C(=O)N(C5CCC(=O)NC5=O)C6=O)C4)CC3)CC2)c(C)cc1N. The van der Waals surface area contributed by atoms with E-state index in [1.165, 1.54) is 11.3 Å². The Hall–Kier alpha value is -4.16. The van der Waals surface area contributed by atoms with Crippen LogP contribution >= 0.6 is 0 Å². The van der Waals surface area contributed by atoms with Crippen molar-refractivity contribution in [2.75, 3.05) is 81.5 Å². The highest BCUT2D eigenvalue weighted by atomic mass is 16.5. The minimum Gasteiger partial charge on any atom is -0.495 e. The summed E-state index contributed by atoms with van der Waals surface area (Å²) in [5, 5.41) is 2.25. The molecule has 5 aliphatic heterocycles. The van der Waals surface area contributed by atoms with Crippen LogP contribution in [0.4, 0.5) is 17.1 Å². The van der Waals surface area contributed by atoms with Crippen LogP contribution < -0.4 is 25.6 Å². The Balaban J connectivity index is 0.888. The number of carbonyl (C=O) groups is 4. The van der Waals surface area contributed by atoms with Crippen molar-refractivity contribution in [1.82, 2.24) is 20.0 Å². The highest BCUT2D eigenvalue weighted by molar-refractivity contribution is 6.23. The normalized spacial score (nSPS) is 24.7. The number of nitrogens with one attached hydrogen (secondary N) is 1. The Morgan fingerprint density at radius 1 is 0.851 bits per heavy atom. The number of piperazine rings is 1. The van der Waals surface area contributed by atoms with Crippen LogP contribution in [0.1, 0.15) is 58.4 Å². The molecule has 2 unspecified atom stereocenters. The molecule has 4 saturated heterocycles. The second kappa shape index (κ2) is 12.8. The third-order valence-corrected chi connectivity index (χ3v) is 10.9. The van der Waals surface area contributed by atoms with Crippen LogP contribution in [0.2, 0.25) is 0 Å². The van der Waals surface area contributed by atoms with E-state index < -0.39 is 23.8 Å². The van der Waals surface area contributed by atoms with E-state index in [4.69, 9.17) is 10.5 Å². The Kier molecular flexibility index (Phi) is 8.56. The monoisotopic (exact) mass is 643 g/mol. The predicted octanol–water partition coefficient (Wildman–Crippen LogP) is 2.10. The molecule has 12 heteroatoms. The number of hydrogen-bond acceptors (Lipinski definition) is 10. The van der Waals surface area contributed by atoms with Gasteiger partial charge in [-0.1, -0.05) is 0 Å². The maximum absolute atomic E-state index is 13.3. The Labute approximate surface area is 275 Å². The lowest BCUT2D eigenvalue weighted by Gasteiger charge is -2.44. The number of hydrogen-bond donors (Lipinski definition) is 2. The quantitative estimate of drug-likeness (QED) is 0.342. The first-order valence-electron chi connectivity index (χ1n) is 17.0. The molecule has 2 aromatic rings. The van der Waals surface area contributed by atoms with Crippen LogP contribution in [0, 0.1) is 12.8 Å². The van der Waals surface area contributed by atoms with E-state index in [1.54, 1.807) is 19.2 Å². The molecule has 3 N–H and O–H groups in total. The van der Waals surface area contributed by atoms with Gasteiger partial charge in [-0.05, 0) is 68.4 Å². The number of rotatable bonds is 7. The van der Waals surface area contributed by atoms with Gasteiger partial charge < -0.3 is 25.2 Å². The van der Waals surface area contributed by atoms with Crippen molar-refractivity contribution in [3.63, 3.8) is 0 Å². The number of ether oxygens (including phenoxy) is 1. The number of piperidine rings is 2. The molecule has 2 atom stereocenters. The summed E-state index contributed by atoms with van der Waals surface area (Å²) in [5.74, 6) is -0.606. The van der Waals surface area contributed by atoms with Gasteiger partial charge in [-0.25, -0.2) is 0 Å². The van der Waals surface area contributed by atoms with E-state index in [9.17, 15) is 19.2 Å². The van der Waals surface area contributed by atoms with Gasteiger partial charge in [-0.15, -0.1) is 0 Å². The minimum absolute atomic E-state index is 0.111. The average Bonchev–Trinajstić information content (AvgIpc) is 3.63. The smallest absolute Gasteiger partial charge is 0.262 e. The molecule has 4 fully saturated rings. The number of nitrogens with two attached hydrogens (primary N) is 1. The summed E-state index contributed by atoms with van der Waals surface area (Å²) in [5.41, 5.74) is 10.8. The van der Waals surface area contributed by atoms with Crippen LogP contribution in [0.15, 0.2) is 30.3 Å². The number of nitrogens with zero attached hydrogens (tertiary/aromatic N) is 5. The molecule has 12 nitrogen and oxygen atoms in total. The van der Waals surface area contributed by atoms with Crippen LogP contribution in [-0.4, -0.2) is 116 Å². The molecular formula is C35H45N7O5. The number of methoxy groups -OCH3 is 1. The molecule has 5 aliphatic rings. The van der Waals surface area contributed by atoms with Gasteiger partial charge in [0.1, 0.15) is 11.8 Å². The van der Waals surface area contributed by atoms with Crippen LogP contribution in [0.25, 0.3) is 0 Å². The number of imide groups is 2. The van der Waals surface area contributed by atoms with Gasteiger partial charge >= 0.3 is 0 Å². The zero-order valence-electron chi connectivity index (χ0n) is 27.4. The third-order valence-electron chi connectivity index (χ3n) is 10.9. The number of benzene rings is 2. The van der Waals surface area contributed by atoms with Crippen molar-refractivity contribution in [3.8, 4) is 5.75 Å². The molecule has 0 saturated carbocycles. The summed E-state index contributed by atoms with van der Waals surface area (Å²) in [6, 6.07) is 9.19. The third kappa shape index (κ3) is 6.04. The van der Waals surface area contributed by atoms with Gasteiger partial charge in [0.25, 0.3) is 11.8 Å². The van der Waals surface area contributed by atoms with Crippen LogP contribution in [-0.2, 0) is 9.59 Å². The number of amides is 4. The number of aryl methyl sites for hydroxylation is 1. The number of fused-ring (bicyclic) bond motifs is 1. The zero-order valence-corrected chi connectivity index (χ0v) is 27.4. The van der Waals surface area contributed by atoms with Gasteiger partial charge in [0, 0.05) is 88.8 Å². The molecule has 5 heterocycles. The lowest BCUT2D eigenvalue weighted by atomic mass is 10.00. The van der Waals surface area contributed by atoms with Gasteiger partial charge in [0.15, 0.2) is 0 Å². The van der Waals surface area contributed by atoms with Crippen LogP contribution in [0.3, 0.4) is 0 Å². The van der Waals surface area contributed by atoms with E-state index in [-0.39, 0.29) is 18.7 Å². The minimum atomic E-state index is -0.948. The van der Waals surface area contributed by atoms with Crippen molar-refractivity contribution >= 4 is 40.7 Å². The number of carbonyl (C=O) groups excluding carboxylic acids is 4. The summed E-state index contributed by atoms with van der Waals surface area (Å²) in [7, 11) is 1.67. The molecule has 0 spiro atoms. The van der Waals surface area contributed by atoms with Gasteiger partial charge in [0.2, 0.25) is 11.8 Å². The summed E-state index contributed by atoms with van der Waals surface area (Å²) in [6.45, 7) is 11.4. The molecule has 0 aliphatic carbocycles. The molecule has 2 aromatic carbocycles. The van der Waals surface area contributed by atoms with Gasteiger partial charge in [-0.2, -0.15) is 0 Å².